The summed E-state index contributed by atoms with van der Waals surface area (Å²) in [4.78, 5) is 24.2. The first kappa shape index (κ1) is 23.2. The van der Waals surface area contributed by atoms with Crippen molar-refractivity contribution in [2.75, 3.05) is 18.5 Å². The van der Waals surface area contributed by atoms with E-state index >= 15 is 0 Å². The highest BCUT2D eigenvalue weighted by Gasteiger charge is 2.10. The van der Waals surface area contributed by atoms with Crippen LogP contribution >= 0.6 is 11.6 Å². The van der Waals surface area contributed by atoms with E-state index in [1.807, 2.05) is 32.9 Å². The van der Waals surface area contributed by atoms with E-state index in [4.69, 9.17) is 21.1 Å². The van der Waals surface area contributed by atoms with Crippen LogP contribution in [0.4, 0.5) is 5.69 Å². The van der Waals surface area contributed by atoms with Gasteiger partial charge >= 0.3 is 0 Å². The summed E-state index contributed by atoms with van der Waals surface area (Å²) in [5, 5.41) is 7.41. The fraction of sp³-hybridized carbons (Fsp3) is 0.318. The predicted octanol–water partition coefficient (Wildman–Crippen LogP) is 4.26. The zero-order valence-corrected chi connectivity index (χ0v) is 18.3. The third kappa shape index (κ3) is 7.08. The van der Waals surface area contributed by atoms with Gasteiger partial charge in [0.15, 0.2) is 6.61 Å². The molecule has 2 aromatic carbocycles. The number of nitrogens with one attached hydrogen (secondary N) is 2. The van der Waals surface area contributed by atoms with Crippen LogP contribution in [0.15, 0.2) is 41.5 Å². The Morgan fingerprint density at radius 2 is 1.73 bits per heavy atom. The Hall–Kier alpha value is -3.06. The maximum Gasteiger partial charge on any atom is 0.277 e. The van der Waals surface area contributed by atoms with Crippen molar-refractivity contribution in [3.8, 4) is 11.5 Å². The maximum absolute atomic E-state index is 12.2. The molecule has 0 saturated carbocycles. The molecule has 2 N–H and O–H groups in total. The minimum absolute atomic E-state index is 0.0250. The minimum Gasteiger partial charge on any atom is -0.492 e. The fourth-order valence-corrected chi connectivity index (χ4v) is 2.76. The Balaban J connectivity index is 1.83. The number of carbonyl (C=O) groups excluding carboxylic acids is 2. The van der Waals surface area contributed by atoms with Crippen LogP contribution in [0, 0.1) is 13.8 Å². The quantitative estimate of drug-likeness (QED) is 0.458. The maximum atomic E-state index is 12.2. The van der Waals surface area contributed by atoms with Crippen LogP contribution in [0.25, 0.3) is 0 Å². The molecule has 0 aliphatic carbocycles. The van der Waals surface area contributed by atoms with Gasteiger partial charge in [-0.15, -0.1) is 0 Å². The molecule has 0 radical (unpaired) electrons. The SMILES string of the molecule is CCOc1ccccc1NC(=O)C/C(C)=N/NC(=O)COc1cc(C)c(Cl)c(C)c1. The number of hydrazone groups is 1. The van der Waals surface area contributed by atoms with E-state index in [9.17, 15) is 9.59 Å². The lowest BCUT2D eigenvalue weighted by Gasteiger charge is -2.11. The molecule has 2 rings (SSSR count). The van der Waals surface area contributed by atoms with Crippen LogP contribution in [0.5, 0.6) is 11.5 Å². The summed E-state index contributed by atoms with van der Waals surface area (Å²) in [6.07, 6.45) is 0.0250. The molecule has 0 fully saturated rings. The molecular weight excluding hydrogens is 406 g/mol. The van der Waals surface area contributed by atoms with Crippen molar-refractivity contribution >= 4 is 34.8 Å². The highest BCUT2D eigenvalue weighted by molar-refractivity contribution is 6.32. The second kappa shape index (κ2) is 11.2. The summed E-state index contributed by atoms with van der Waals surface area (Å²) < 4.78 is 11.0. The number of para-hydroxylation sites is 2. The van der Waals surface area contributed by atoms with E-state index in [1.165, 1.54) is 0 Å². The molecule has 0 bridgehead atoms. The first-order valence-corrected chi connectivity index (χ1v) is 9.91. The summed E-state index contributed by atoms with van der Waals surface area (Å²) in [7, 11) is 0. The topological polar surface area (TPSA) is 89.0 Å². The van der Waals surface area contributed by atoms with Crippen LogP contribution in [-0.2, 0) is 9.59 Å². The van der Waals surface area contributed by atoms with Gasteiger partial charge in [0.1, 0.15) is 11.5 Å². The van der Waals surface area contributed by atoms with Gasteiger partial charge in [-0.2, -0.15) is 5.10 Å². The normalized spacial score (nSPS) is 11.0. The molecule has 0 spiro atoms. The molecule has 0 heterocycles. The molecule has 0 unspecified atom stereocenters. The van der Waals surface area contributed by atoms with Gasteiger partial charge in [0, 0.05) is 10.7 Å². The van der Waals surface area contributed by atoms with E-state index in [1.54, 1.807) is 31.2 Å². The number of hydrogen-bond donors (Lipinski definition) is 2. The Labute approximate surface area is 181 Å². The van der Waals surface area contributed by atoms with Gasteiger partial charge in [0.05, 0.1) is 18.7 Å². The first-order valence-electron chi connectivity index (χ1n) is 9.53. The number of rotatable bonds is 9. The van der Waals surface area contributed by atoms with Crippen molar-refractivity contribution in [2.45, 2.75) is 34.1 Å². The molecule has 0 atom stereocenters. The van der Waals surface area contributed by atoms with Crippen molar-refractivity contribution in [3.63, 3.8) is 0 Å². The lowest BCUT2D eigenvalue weighted by Crippen LogP contribution is -2.26. The number of nitrogens with zero attached hydrogens (tertiary/aromatic N) is 1. The van der Waals surface area contributed by atoms with Crippen LogP contribution < -0.4 is 20.2 Å². The molecular formula is C22H26ClN3O4. The van der Waals surface area contributed by atoms with Gasteiger partial charge in [-0.05, 0) is 63.1 Å². The van der Waals surface area contributed by atoms with Gasteiger partial charge in [-0.3, -0.25) is 9.59 Å². The summed E-state index contributed by atoms with van der Waals surface area (Å²) in [6, 6.07) is 10.7. The number of benzene rings is 2. The number of anilines is 1. The average Bonchev–Trinajstić information content (AvgIpc) is 2.70. The molecule has 2 amide bonds. The highest BCUT2D eigenvalue weighted by atomic mass is 35.5. The summed E-state index contributed by atoms with van der Waals surface area (Å²) in [5.74, 6) is 0.460. The smallest absolute Gasteiger partial charge is 0.277 e. The zero-order chi connectivity index (χ0) is 22.1. The lowest BCUT2D eigenvalue weighted by atomic mass is 10.1. The number of hydrogen-bond acceptors (Lipinski definition) is 5. The molecule has 0 saturated heterocycles. The van der Waals surface area contributed by atoms with Crippen molar-refractivity contribution in [1.29, 1.82) is 0 Å². The van der Waals surface area contributed by atoms with Crippen LogP contribution in [0.1, 0.15) is 31.4 Å². The van der Waals surface area contributed by atoms with E-state index < -0.39 is 5.91 Å². The summed E-state index contributed by atoms with van der Waals surface area (Å²) in [6.45, 7) is 7.56. The number of carbonyl (C=O) groups is 2. The number of aryl methyl sites for hydroxylation is 2. The summed E-state index contributed by atoms with van der Waals surface area (Å²) in [5.41, 5.74) is 5.17. The van der Waals surface area contributed by atoms with Gasteiger partial charge in [-0.1, -0.05) is 23.7 Å². The first-order chi connectivity index (χ1) is 14.3. The van der Waals surface area contributed by atoms with Crippen molar-refractivity contribution in [3.05, 3.63) is 52.5 Å². The molecule has 0 aromatic heterocycles. The van der Waals surface area contributed by atoms with Crippen LogP contribution in [-0.4, -0.2) is 30.7 Å². The number of amides is 2. The third-order valence-corrected chi connectivity index (χ3v) is 4.62. The van der Waals surface area contributed by atoms with E-state index in [-0.39, 0.29) is 18.9 Å². The van der Waals surface area contributed by atoms with Crippen molar-refractivity contribution < 1.29 is 19.1 Å². The Morgan fingerprint density at radius 1 is 1.07 bits per heavy atom. The Bertz CT molecular complexity index is 921. The number of ether oxygens (including phenoxy) is 2. The predicted molar refractivity (Wildman–Crippen MR) is 119 cm³/mol. The number of halogens is 1. The molecule has 8 heteroatoms. The molecule has 30 heavy (non-hydrogen) atoms. The fourth-order valence-electron chi connectivity index (χ4n) is 2.65. The highest BCUT2D eigenvalue weighted by Crippen LogP contribution is 2.26. The second-order valence-corrected chi connectivity index (χ2v) is 7.07. The van der Waals surface area contributed by atoms with Crippen LogP contribution in [0.2, 0.25) is 5.02 Å². The Kier molecular flexibility index (Phi) is 8.68. The lowest BCUT2D eigenvalue weighted by molar-refractivity contribution is -0.123. The van der Waals surface area contributed by atoms with Crippen molar-refractivity contribution in [1.82, 2.24) is 5.43 Å². The standard InChI is InChI=1S/C22H26ClN3O4/c1-5-29-19-9-7-6-8-18(19)24-20(27)12-16(4)25-26-21(28)13-30-17-10-14(2)22(23)15(3)11-17/h6-11H,5,12-13H2,1-4H3,(H,24,27)(H,26,28)/b25-16+. The zero-order valence-electron chi connectivity index (χ0n) is 17.5. The molecule has 7 nitrogen and oxygen atoms in total. The largest absolute Gasteiger partial charge is 0.492 e. The van der Waals surface area contributed by atoms with Crippen molar-refractivity contribution in [2.24, 2.45) is 5.10 Å². The molecule has 160 valence electrons. The molecule has 0 aliphatic heterocycles. The molecule has 2 aromatic rings. The van der Waals surface area contributed by atoms with Gasteiger partial charge in [0.25, 0.3) is 5.91 Å². The Morgan fingerprint density at radius 3 is 2.40 bits per heavy atom. The minimum atomic E-state index is -0.429. The van der Waals surface area contributed by atoms with Gasteiger partial charge < -0.3 is 14.8 Å². The third-order valence-electron chi connectivity index (χ3n) is 4.03. The molecule has 0 aliphatic rings. The summed E-state index contributed by atoms with van der Waals surface area (Å²) >= 11 is 6.12. The monoisotopic (exact) mass is 431 g/mol. The average molecular weight is 432 g/mol. The van der Waals surface area contributed by atoms with E-state index in [2.05, 4.69) is 15.8 Å². The van der Waals surface area contributed by atoms with Gasteiger partial charge in [0.2, 0.25) is 5.91 Å². The second-order valence-electron chi connectivity index (χ2n) is 6.70. The van der Waals surface area contributed by atoms with Gasteiger partial charge in [-0.25, -0.2) is 5.43 Å². The van der Waals surface area contributed by atoms with E-state index in [0.29, 0.717) is 34.5 Å². The van der Waals surface area contributed by atoms with E-state index in [0.717, 1.165) is 11.1 Å². The van der Waals surface area contributed by atoms with Crippen LogP contribution in [0.3, 0.4) is 0 Å².